The van der Waals surface area contributed by atoms with Crippen LogP contribution in [-0.4, -0.2) is 13.3 Å². The van der Waals surface area contributed by atoms with Crippen LogP contribution in [-0.2, 0) is 0 Å². The van der Waals surface area contributed by atoms with E-state index in [1.54, 1.807) is 23.5 Å². The Morgan fingerprint density at radius 2 is 1.90 bits per heavy atom. The molecule has 0 aliphatic carbocycles. The molecule has 0 saturated heterocycles. The van der Waals surface area contributed by atoms with Crippen molar-refractivity contribution in [3.05, 3.63) is 53.8 Å². The van der Waals surface area contributed by atoms with E-state index in [-0.39, 0.29) is 5.82 Å². The third-order valence-electron chi connectivity index (χ3n) is 3.30. The lowest BCUT2D eigenvalue weighted by Gasteiger charge is -2.13. The molecular weight excluding hydrogens is 287 g/mol. The van der Waals surface area contributed by atoms with Crippen molar-refractivity contribution >= 4 is 35.7 Å². The van der Waals surface area contributed by atoms with Gasteiger partial charge in [-0.05, 0) is 36.4 Å². The third-order valence-corrected chi connectivity index (χ3v) is 3.51. The van der Waals surface area contributed by atoms with E-state index in [0.717, 1.165) is 22.2 Å². The van der Waals surface area contributed by atoms with Gasteiger partial charge in [0, 0.05) is 35.8 Å². The molecule has 0 unspecified atom stereocenters. The minimum absolute atomic E-state index is 0.278. The molecule has 0 fully saturated rings. The first kappa shape index (κ1) is 13.7. The fraction of sp³-hybridized carbons (Fsp3) is 0.0625. The van der Waals surface area contributed by atoms with Crippen LogP contribution >= 0.6 is 12.8 Å². The number of nitrogens with zero attached hydrogens (tertiary/aromatic N) is 1. The molecule has 5 heteroatoms. The van der Waals surface area contributed by atoms with E-state index in [4.69, 9.17) is 9.83 Å². The third kappa shape index (κ3) is 2.52. The van der Waals surface area contributed by atoms with Crippen LogP contribution in [0.5, 0.6) is 0 Å². The fourth-order valence-corrected chi connectivity index (χ4v) is 2.42. The summed E-state index contributed by atoms with van der Waals surface area (Å²) in [5.41, 5.74) is 3.06. The van der Waals surface area contributed by atoms with Gasteiger partial charge in [-0.15, -0.1) is 0 Å². The van der Waals surface area contributed by atoms with E-state index in [1.807, 2.05) is 18.2 Å². The highest BCUT2D eigenvalue weighted by atomic mass is 32.1. The summed E-state index contributed by atoms with van der Waals surface area (Å²) in [4.78, 5) is 0. The molecule has 106 valence electrons. The average Bonchev–Trinajstić information content (AvgIpc) is 2.89. The van der Waals surface area contributed by atoms with E-state index >= 15 is 0 Å². The molecular formula is C16H13FN2OS. The first-order valence-electron chi connectivity index (χ1n) is 6.35. The average molecular weight is 300 g/mol. The number of fused-ring (bicyclic) bond motifs is 1. The Kier molecular flexibility index (Phi) is 3.43. The Morgan fingerprint density at radius 3 is 2.52 bits per heavy atom. The number of benzene rings is 2. The Morgan fingerprint density at radius 1 is 1.19 bits per heavy atom. The van der Waals surface area contributed by atoms with Gasteiger partial charge >= 0.3 is 0 Å². The molecule has 0 atom stereocenters. The van der Waals surface area contributed by atoms with Crippen LogP contribution in [0.15, 0.2) is 46.9 Å². The first-order valence-corrected chi connectivity index (χ1v) is 6.75. The monoisotopic (exact) mass is 300 g/mol. The summed E-state index contributed by atoms with van der Waals surface area (Å²) in [6.07, 6.45) is 1.28. The molecule has 1 N–H and O–H groups in total. The number of rotatable bonds is 3. The van der Waals surface area contributed by atoms with Crippen LogP contribution in [0.25, 0.3) is 22.3 Å². The van der Waals surface area contributed by atoms with Crippen molar-refractivity contribution in [3.63, 3.8) is 0 Å². The zero-order chi connectivity index (χ0) is 15.0. The molecule has 0 aliphatic heterocycles. The molecule has 3 nitrogen and oxygen atoms in total. The molecule has 3 rings (SSSR count). The van der Waals surface area contributed by atoms with Crippen molar-refractivity contribution in [2.75, 3.05) is 11.4 Å². The van der Waals surface area contributed by atoms with Crippen LogP contribution in [0, 0.1) is 11.2 Å². The molecule has 0 spiro atoms. The zero-order valence-corrected chi connectivity index (χ0v) is 12.2. The Labute approximate surface area is 127 Å². The number of anilines is 1. The van der Waals surface area contributed by atoms with Crippen LogP contribution < -0.4 is 4.31 Å². The summed E-state index contributed by atoms with van der Waals surface area (Å²) in [6, 6.07) is 11.8. The smallest absolute Gasteiger partial charge is 0.136 e. The lowest BCUT2D eigenvalue weighted by Crippen LogP contribution is -2.03. The maximum Gasteiger partial charge on any atom is 0.136 e. The lowest BCUT2D eigenvalue weighted by atomic mass is 10.1. The van der Waals surface area contributed by atoms with Gasteiger partial charge in [0.05, 0.1) is 5.69 Å². The van der Waals surface area contributed by atoms with E-state index in [0.29, 0.717) is 11.3 Å². The van der Waals surface area contributed by atoms with Gasteiger partial charge in [0.2, 0.25) is 0 Å². The topological polar surface area (TPSA) is 40.2 Å². The second-order valence-electron chi connectivity index (χ2n) is 4.73. The maximum atomic E-state index is 13.0. The molecule has 0 aliphatic rings. The van der Waals surface area contributed by atoms with Gasteiger partial charge < -0.3 is 14.1 Å². The van der Waals surface area contributed by atoms with Crippen LogP contribution in [0.4, 0.5) is 10.1 Å². The number of furan rings is 1. The molecule has 1 heterocycles. The molecule has 0 saturated carbocycles. The van der Waals surface area contributed by atoms with Gasteiger partial charge in [0.15, 0.2) is 0 Å². The quantitative estimate of drug-likeness (QED) is 0.551. The predicted molar refractivity (Wildman–Crippen MR) is 86.9 cm³/mol. The minimum atomic E-state index is -0.278. The number of nitrogens with one attached hydrogen (secondary N) is 1. The lowest BCUT2D eigenvalue weighted by molar-refractivity contribution is 0.623. The van der Waals surface area contributed by atoms with Gasteiger partial charge in [-0.25, -0.2) is 4.39 Å². The molecule has 21 heavy (non-hydrogen) atoms. The summed E-state index contributed by atoms with van der Waals surface area (Å²) >= 11 is 4.27. The predicted octanol–water partition coefficient (Wildman–Crippen LogP) is 4.52. The summed E-state index contributed by atoms with van der Waals surface area (Å²) < 4.78 is 20.4. The van der Waals surface area contributed by atoms with Crippen molar-refractivity contribution in [3.8, 4) is 11.3 Å². The van der Waals surface area contributed by atoms with Crippen molar-refractivity contribution in [1.82, 2.24) is 0 Å². The van der Waals surface area contributed by atoms with E-state index in [2.05, 4.69) is 12.8 Å². The maximum absolute atomic E-state index is 13.0. The highest BCUT2D eigenvalue weighted by molar-refractivity contribution is 7.81. The summed E-state index contributed by atoms with van der Waals surface area (Å²) in [5, 5.41) is 8.38. The minimum Gasteiger partial charge on any atom is -0.456 e. The second-order valence-corrected chi connectivity index (χ2v) is 5.33. The Balaban J connectivity index is 2.15. The Hall–Kier alpha value is -2.27. The summed E-state index contributed by atoms with van der Waals surface area (Å²) in [5.74, 6) is 0.389. The molecule has 0 amide bonds. The van der Waals surface area contributed by atoms with E-state index < -0.39 is 0 Å². The standard InChI is InChI=1S/C16H13FN2OS/c1-19(21)14-8-16-11(6-12(14)9-18)7-15(20-16)10-2-4-13(17)5-3-10/h2-9,18,21H,1H3. The summed E-state index contributed by atoms with van der Waals surface area (Å²) in [7, 11) is 1.79. The largest absolute Gasteiger partial charge is 0.456 e. The Bertz CT molecular complexity index is 809. The van der Waals surface area contributed by atoms with Crippen LogP contribution in [0.1, 0.15) is 5.56 Å². The van der Waals surface area contributed by atoms with Crippen LogP contribution in [0.2, 0.25) is 0 Å². The highest BCUT2D eigenvalue weighted by Crippen LogP contribution is 2.32. The highest BCUT2D eigenvalue weighted by Gasteiger charge is 2.11. The summed E-state index contributed by atoms with van der Waals surface area (Å²) in [6.45, 7) is 0. The van der Waals surface area contributed by atoms with Gasteiger partial charge in [-0.2, -0.15) is 0 Å². The van der Waals surface area contributed by atoms with Crippen molar-refractivity contribution in [2.45, 2.75) is 0 Å². The van der Waals surface area contributed by atoms with Crippen LogP contribution in [0.3, 0.4) is 0 Å². The van der Waals surface area contributed by atoms with E-state index in [9.17, 15) is 4.39 Å². The number of halogens is 1. The molecule has 0 bridgehead atoms. The number of hydrogen-bond donors (Lipinski definition) is 2. The SMILES string of the molecule is CN(S)c1cc2oc(-c3ccc(F)cc3)cc2cc1C=N. The molecule has 1 aromatic heterocycles. The molecule has 3 aromatic rings. The first-order chi connectivity index (χ1) is 10.1. The molecule has 0 radical (unpaired) electrons. The van der Waals surface area contributed by atoms with Gasteiger partial charge in [0.1, 0.15) is 17.2 Å². The number of hydrogen-bond acceptors (Lipinski definition) is 4. The second kappa shape index (κ2) is 5.26. The molecule has 2 aromatic carbocycles. The zero-order valence-electron chi connectivity index (χ0n) is 11.3. The van der Waals surface area contributed by atoms with Gasteiger partial charge in [-0.1, -0.05) is 12.8 Å². The number of thiol groups is 1. The van der Waals surface area contributed by atoms with E-state index in [1.165, 1.54) is 18.3 Å². The van der Waals surface area contributed by atoms with Crippen molar-refractivity contribution in [1.29, 1.82) is 5.41 Å². The van der Waals surface area contributed by atoms with Gasteiger partial charge in [-0.3, -0.25) is 0 Å². The van der Waals surface area contributed by atoms with Crippen molar-refractivity contribution < 1.29 is 8.81 Å². The normalized spacial score (nSPS) is 10.8. The van der Waals surface area contributed by atoms with Crippen molar-refractivity contribution in [2.24, 2.45) is 0 Å². The fourth-order valence-electron chi connectivity index (χ4n) is 2.25. The van der Waals surface area contributed by atoms with Gasteiger partial charge in [0.25, 0.3) is 0 Å².